The van der Waals surface area contributed by atoms with Gasteiger partial charge in [-0.1, -0.05) is 11.6 Å². The average Bonchev–Trinajstić information content (AvgIpc) is 3.43. The smallest absolute Gasteiger partial charge is 0.341 e. The minimum Gasteiger partial charge on any atom is -0.341 e. The maximum Gasteiger partial charge on any atom is 0.416 e. The summed E-state index contributed by atoms with van der Waals surface area (Å²) in [5, 5.41) is 5.15. The Bertz CT molecular complexity index is 1730. The number of fused-ring (bicyclic) bond motifs is 5. The Morgan fingerprint density at radius 2 is 1.86 bits per heavy atom. The van der Waals surface area contributed by atoms with Crippen LogP contribution in [0, 0.1) is 11.6 Å². The lowest BCUT2D eigenvalue weighted by Crippen LogP contribution is -2.49. The summed E-state index contributed by atoms with van der Waals surface area (Å²) in [6.45, 7) is 0.0831. The van der Waals surface area contributed by atoms with Crippen molar-refractivity contribution in [2.24, 2.45) is 4.99 Å². The van der Waals surface area contributed by atoms with E-state index in [0.717, 1.165) is 12.1 Å². The second-order valence-corrected chi connectivity index (χ2v) is 10.5. The van der Waals surface area contributed by atoms with Gasteiger partial charge in [-0.15, -0.1) is 0 Å². The molecule has 2 atom stereocenters. The summed E-state index contributed by atoms with van der Waals surface area (Å²) in [5.41, 5.74) is -1.94. The Morgan fingerprint density at radius 3 is 2.56 bits per heavy atom. The van der Waals surface area contributed by atoms with Crippen LogP contribution in [0.2, 0.25) is 5.02 Å². The number of alkyl halides is 5. The van der Waals surface area contributed by atoms with E-state index in [2.05, 4.69) is 15.6 Å². The van der Waals surface area contributed by atoms with E-state index in [1.54, 1.807) is 0 Å². The number of benzene rings is 3. The number of hydrogen-bond acceptors (Lipinski definition) is 5. The van der Waals surface area contributed by atoms with Crippen molar-refractivity contribution in [3.05, 3.63) is 86.9 Å². The lowest BCUT2D eigenvalue weighted by Gasteiger charge is -2.33. The summed E-state index contributed by atoms with van der Waals surface area (Å²) in [5.74, 6) is -3.79. The van der Waals surface area contributed by atoms with Crippen LogP contribution in [-0.2, 0) is 6.18 Å². The third-order valence-corrected chi connectivity index (χ3v) is 7.87. The number of nitrogens with zero attached hydrogens (tertiary/aromatic N) is 3. The molecule has 0 saturated heterocycles. The number of nitrogens with one attached hydrogen (secondary N) is 2. The van der Waals surface area contributed by atoms with E-state index in [-0.39, 0.29) is 63.8 Å². The van der Waals surface area contributed by atoms with Crippen molar-refractivity contribution in [2.75, 3.05) is 28.7 Å². The number of hydrogen-bond donors (Lipinski definition) is 2. The highest BCUT2D eigenvalue weighted by Gasteiger charge is 2.47. The van der Waals surface area contributed by atoms with Crippen molar-refractivity contribution >= 4 is 46.4 Å². The summed E-state index contributed by atoms with van der Waals surface area (Å²) < 4.78 is 96.8. The Kier molecular flexibility index (Phi) is 6.79. The van der Waals surface area contributed by atoms with E-state index >= 15 is 0 Å². The van der Waals surface area contributed by atoms with Crippen molar-refractivity contribution in [3.8, 4) is 0 Å². The van der Waals surface area contributed by atoms with Gasteiger partial charge < -0.3 is 20.4 Å². The van der Waals surface area contributed by atoms with Gasteiger partial charge in [0, 0.05) is 41.0 Å². The zero-order valence-corrected chi connectivity index (χ0v) is 22.6. The van der Waals surface area contributed by atoms with Crippen LogP contribution in [0.5, 0.6) is 0 Å². The van der Waals surface area contributed by atoms with Crippen molar-refractivity contribution in [2.45, 2.75) is 31.1 Å². The molecule has 0 aromatic heterocycles. The van der Waals surface area contributed by atoms with Crippen molar-refractivity contribution in [1.82, 2.24) is 5.32 Å². The van der Waals surface area contributed by atoms with Crippen molar-refractivity contribution in [1.29, 1.82) is 0 Å². The van der Waals surface area contributed by atoms with Gasteiger partial charge >= 0.3 is 6.18 Å². The molecule has 43 heavy (non-hydrogen) atoms. The van der Waals surface area contributed by atoms with Gasteiger partial charge in [-0.25, -0.2) is 17.6 Å². The molecule has 7 nitrogen and oxygen atoms in total. The molecular weight excluding hydrogens is 607 g/mol. The zero-order valence-electron chi connectivity index (χ0n) is 21.9. The van der Waals surface area contributed by atoms with Crippen LogP contribution < -0.4 is 20.4 Å². The summed E-state index contributed by atoms with van der Waals surface area (Å²) >= 11 is 6.35. The minimum absolute atomic E-state index is 0.0234. The van der Waals surface area contributed by atoms with Gasteiger partial charge in [0.25, 0.3) is 18.2 Å². The van der Waals surface area contributed by atoms with Gasteiger partial charge in [-0.2, -0.15) is 13.2 Å². The fraction of sp³-hybridized carbons (Fsp3) is 0.250. The van der Waals surface area contributed by atoms with E-state index in [4.69, 9.17) is 11.6 Å². The molecule has 2 unspecified atom stereocenters. The second kappa shape index (κ2) is 10.1. The molecule has 3 aromatic carbocycles. The number of rotatable bonds is 4. The largest absolute Gasteiger partial charge is 0.416 e. The minimum atomic E-state index is -4.96. The standard InChI is InChI=1S/C28H19ClF7N5O2/c1-40-23-19(41-18(24(32)33)4-5-37-27(40)41)10-17(38-25(42)11-6-12(28(34,35)36)8-14(31)7-11)20-21(23)26(43)39-22(20)15-9-13(30)2-3-16(15)29/h2-3,6-10,18,22,24H,4-5H2,1H3,(H,38,42)(H,39,43). The van der Waals surface area contributed by atoms with Gasteiger partial charge in [0.15, 0.2) is 0 Å². The first-order valence-corrected chi connectivity index (χ1v) is 13.2. The van der Waals surface area contributed by atoms with E-state index in [9.17, 15) is 40.3 Å². The zero-order chi connectivity index (χ0) is 31.0. The summed E-state index contributed by atoms with van der Waals surface area (Å²) in [6, 6.07) is 3.46. The van der Waals surface area contributed by atoms with E-state index in [1.165, 1.54) is 29.0 Å². The van der Waals surface area contributed by atoms with Gasteiger partial charge in [0.05, 0.1) is 34.6 Å². The summed E-state index contributed by atoms with van der Waals surface area (Å²) in [6.07, 6.45) is -7.80. The fourth-order valence-electron chi connectivity index (χ4n) is 5.70. The molecule has 0 saturated carbocycles. The highest BCUT2D eigenvalue weighted by atomic mass is 35.5. The number of carbonyl (C=O) groups is 2. The maximum atomic E-state index is 14.3. The first-order chi connectivity index (χ1) is 20.3. The first-order valence-electron chi connectivity index (χ1n) is 12.8. The monoisotopic (exact) mass is 625 g/mol. The first kappa shape index (κ1) is 28.8. The molecule has 3 aliphatic heterocycles. The molecular formula is C28H19ClF7N5O2. The normalized spacial score (nSPS) is 19.2. The molecule has 0 spiro atoms. The summed E-state index contributed by atoms with van der Waals surface area (Å²) in [4.78, 5) is 33.9. The average molecular weight is 626 g/mol. The Balaban J connectivity index is 1.56. The van der Waals surface area contributed by atoms with Crippen LogP contribution >= 0.6 is 11.6 Å². The number of amides is 2. The number of guanidine groups is 1. The Labute approximate surface area is 243 Å². The van der Waals surface area contributed by atoms with Crippen LogP contribution in [0.3, 0.4) is 0 Å². The van der Waals surface area contributed by atoms with Gasteiger partial charge in [0.2, 0.25) is 5.96 Å². The Hall–Kier alpha value is -4.33. The van der Waals surface area contributed by atoms with E-state index < -0.39 is 59.3 Å². The van der Waals surface area contributed by atoms with E-state index in [0.29, 0.717) is 12.1 Å². The van der Waals surface area contributed by atoms with Crippen molar-refractivity contribution < 1.29 is 40.3 Å². The predicted molar refractivity (Wildman–Crippen MR) is 144 cm³/mol. The van der Waals surface area contributed by atoms with Crippen LogP contribution in [0.1, 0.15) is 49.9 Å². The molecule has 3 aromatic rings. The molecule has 3 aliphatic rings. The van der Waals surface area contributed by atoms with Gasteiger partial charge in [0.1, 0.15) is 11.6 Å². The highest BCUT2D eigenvalue weighted by molar-refractivity contribution is 6.31. The van der Waals surface area contributed by atoms with Crippen LogP contribution in [0.4, 0.5) is 47.8 Å². The molecule has 2 amide bonds. The summed E-state index contributed by atoms with van der Waals surface area (Å²) in [7, 11) is 1.52. The number of halogens is 8. The van der Waals surface area contributed by atoms with Crippen LogP contribution in [0.25, 0.3) is 0 Å². The molecule has 0 aliphatic carbocycles. The van der Waals surface area contributed by atoms with Gasteiger partial charge in [-0.3, -0.25) is 14.6 Å². The highest BCUT2D eigenvalue weighted by Crippen LogP contribution is 2.51. The molecule has 0 bridgehead atoms. The lowest BCUT2D eigenvalue weighted by atomic mass is 9.93. The molecule has 0 radical (unpaired) electrons. The number of aliphatic imine (C=N–C) groups is 1. The lowest BCUT2D eigenvalue weighted by molar-refractivity contribution is -0.137. The van der Waals surface area contributed by atoms with Crippen LogP contribution in [-0.4, -0.2) is 43.8 Å². The molecule has 6 rings (SSSR count). The molecule has 0 fully saturated rings. The van der Waals surface area contributed by atoms with E-state index in [1.807, 2.05) is 0 Å². The van der Waals surface area contributed by atoms with Crippen molar-refractivity contribution in [3.63, 3.8) is 0 Å². The molecule has 15 heteroatoms. The molecule has 3 heterocycles. The second-order valence-electron chi connectivity index (χ2n) is 10.1. The molecule has 2 N–H and O–H groups in total. The third kappa shape index (κ3) is 4.73. The third-order valence-electron chi connectivity index (χ3n) is 7.53. The number of carbonyl (C=O) groups excluding carboxylic acids is 2. The fourth-order valence-corrected chi connectivity index (χ4v) is 5.92. The van der Waals surface area contributed by atoms with Crippen LogP contribution in [0.15, 0.2) is 47.5 Å². The quantitative estimate of drug-likeness (QED) is 0.331. The predicted octanol–water partition coefficient (Wildman–Crippen LogP) is 6.37. The Morgan fingerprint density at radius 1 is 1.12 bits per heavy atom. The maximum absolute atomic E-state index is 14.3. The topological polar surface area (TPSA) is 77.0 Å². The SMILES string of the molecule is CN1C2=NCCC(C(F)F)N2c2cc(NC(=O)c3cc(F)cc(C(F)(F)F)c3)c3c(c21)C(=O)NC3c1cc(F)ccc1Cl. The van der Waals surface area contributed by atoms with Gasteiger partial charge in [-0.05, 0) is 48.9 Å². The number of anilines is 3. The molecule has 224 valence electrons.